The van der Waals surface area contributed by atoms with Gasteiger partial charge in [-0.1, -0.05) is 19.1 Å². The van der Waals surface area contributed by atoms with Gasteiger partial charge in [0.2, 0.25) is 0 Å². The third kappa shape index (κ3) is 2.45. The first-order valence-corrected chi connectivity index (χ1v) is 4.78. The Labute approximate surface area is 87.7 Å². The number of hydrogen-bond donors (Lipinski definition) is 2. The highest BCUT2D eigenvalue weighted by Crippen LogP contribution is 2.38. The van der Waals surface area contributed by atoms with Gasteiger partial charge in [-0.05, 0) is 24.1 Å². The fraction of sp³-hybridized carbons (Fsp3) is 0.455. The van der Waals surface area contributed by atoms with Gasteiger partial charge in [0.05, 0.1) is 5.56 Å². The molecule has 84 valence electrons. The summed E-state index contributed by atoms with van der Waals surface area (Å²) in [6, 6.07) is 4.35. The summed E-state index contributed by atoms with van der Waals surface area (Å²) in [5, 5.41) is 9.69. The second-order valence-corrected chi connectivity index (χ2v) is 3.77. The Morgan fingerprint density at radius 2 is 2.07 bits per heavy atom. The van der Waals surface area contributed by atoms with E-state index in [1.165, 1.54) is 12.1 Å². The predicted molar refractivity (Wildman–Crippen MR) is 55.1 cm³/mol. The van der Waals surface area contributed by atoms with Crippen LogP contribution in [0, 0.1) is 0 Å². The highest BCUT2D eigenvalue weighted by atomic mass is 19.3. The standard InChI is InChI=1S/C11H15F2NO/c1-7(6-14)8-4-3-5-9(10(8)15)11(2,12)13/h3-5,7,15H,6,14H2,1-2H3. The molecule has 0 aliphatic heterocycles. The minimum atomic E-state index is -3.03. The molecule has 4 heteroatoms. The number of para-hydroxylation sites is 1. The molecule has 15 heavy (non-hydrogen) atoms. The molecule has 0 heterocycles. The van der Waals surface area contributed by atoms with Crippen molar-refractivity contribution in [2.24, 2.45) is 5.73 Å². The molecule has 0 radical (unpaired) electrons. The second-order valence-electron chi connectivity index (χ2n) is 3.77. The molecule has 1 aromatic carbocycles. The summed E-state index contributed by atoms with van der Waals surface area (Å²) in [6.45, 7) is 2.86. The zero-order valence-electron chi connectivity index (χ0n) is 8.80. The van der Waals surface area contributed by atoms with Gasteiger partial charge in [-0.25, -0.2) is 8.78 Å². The molecule has 0 saturated heterocycles. The Balaban J connectivity index is 3.23. The normalized spacial score (nSPS) is 13.9. The molecule has 0 aliphatic rings. The highest BCUT2D eigenvalue weighted by Gasteiger charge is 2.29. The Hall–Kier alpha value is -1.16. The number of rotatable bonds is 3. The molecule has 1 aromatic rings. The largest absolute Gasteiger partial charge is 0.507 e. The highest BCUT2D eigenvalue weighted by molar-refractivity contribution is 5.44. The van der Waals surface area contributed by atoms with E-state index < -0.39 is 5.92 Å². The van der Waals surface area contributed by atoms with Gasteiger partial charge in [-0.15, -0.1) is 0 Å². The maximum Gasteiger partial charge on any atom is 0.274 e. The van der Waals surface area contributed by atoms with Gasteiger partial charge in [-0.3, -0.25) is 0 Å². The minimum absolute atomic E-state index is 0.132. The topological polar surface area (TPSA) is 46.2 Å². The lowest BCUT2D eigenvalue weighted by Crippen LogP contribution is -2.12. The van der Waals surface area contributed by atoms with Crippen LogP contribution in [0.15, 0.2) is 18.2 Å². The molecule has 1 rings (SSSR count). The van der Waals surface area contributed by atoms with Gasteiger partial charge in [0, 0.05) is 6.92 Å². The van der Waals surface area contributed by atoms with Gasteiger partial charge < -0.3 is 10.8 Å². The quantitative estimate of drug-likeness (QED) is 0.814. The number of nitrogens with two attached hydrogens (primary N) is 1. The summed E-state index contributed by atoms with van der Waals surface area (Å²) < 4.78 is 26.1. The molecular formula is C11H15F2NO. The predicted octanol–water partition coefficient (Wildman–Crippen LogP) is 2.57. The fourth-order valence-electron chi connectivity index (χ4n) is 1.44. The SMILES string of the molecule is CC(CN)c1cccc(C(C)(F)F)c1O. The van der Waals surface area contributed by atoms with Gasteiger partial charge in [0.1, 0.15) is 5.75 Å². The van der Waals surface area contributed by atoms with Crippen LogP contribution in [0.3, 0.4) is 0 Å². The number of benzene rings is 1. The van der Waals surface area contributed by atoms with E-state index in [0.29, 0.717) is 12.1 Å². The Kier molecular flexibility index (Phi) is 3.29. The number of phenolic OH excluding ortho intramolecular Hbond substituents is 1. The summed E-state index contributed by atoms with van der Waals surface area (Å²) in [7, 11) is 0. The van der Waals surface area contributed by atoms with Crippen molar-refractivity contribution in [2.45, 2.75) is 25.7 Å². The van der Waals surface area contributed by atoms with Crippen LogP contribution in [-0.4, -0.2) is 11.7 Å². The molecule has 0 amide bonds. The smallest absolute Gasteiger partial charge is 0.274 e. The van der Waals surface area contributed by atoms with E-state index in [2.05, 4.69) is 0 Å². The molecule has 0 spiro atoms. The number of halogens is 2. The van der Waals surface area contributed by atoms with Crippen LogP contribution < -0.4 is 5.73 Å². The van der Waals surface area contributed by atoms with Crippen LogP contribution in [0.4, 0.5) is 8.78 Å². The Morgan fingerprint density at radius 3 is 2.53 bits per heavy atom. The van der Waals surface area contributed by atoms with Crippen LogP contribution in [-0.2, 0) is 5.92 Å². The summed E-state index contributed by atoms with van der Waals surface area (Å²) >= 11 is 0. The molecule has 0 bridgehead atoms. The molecule has 0 fully saturated rings. The second kappa shape index (κ2) is 4.14. The van der Waals surface area contributed by atoms with Crippen molar-refractivity contribution in [3.05, 3.63) is 29.3 Å². The Bertz CT molecular complexity index is 347. The molecule has 0 saturated carbocycles. The molecule has 1 atom stereocenters. The number of aromatic hydroxyl groups is 1. The van der Waals surface area contributed by atoms with Gasteiger partial charge in [0.15, 0.2) is 0 Å². The van der Waals surface area contributed by atoms with Crippen LogP contribution in [0.1, 0.15) is 30.9 Å². The van der Waals surface area contributed by atoms with Crippen molar-refractivity contribution < 1.29 is 13.9 Å². The van der Waals surface area contributed by atoms with Crippen molar-refractivity contribution in [3.8, 4) is 5.75 Å². The molecule has 3 N–H and O–H groups in total. The van der Waals surface area contributed by atoms with Crippen LogP contribution in [0.2, 0.25) is 0 Å². The lowest BCUT2D eigenvalue weighted by atomic mass is 9.96. The van der Waals surface area contributed by atoms with Crippen molar-refractivity contribution in [2.75, 3.05) is 6.54 Å². The zero-order valence-corrected chi connectivity index (χ0v) is 8.80. The van der Waals surface area contributed by atoms with Gasteiger partial charge >= 0.3 is 0 Å². The monoisotopic (exact) mass is 215 g/mol. The molecule has 0 aliphatic carbocycles. The maximum absolute atomic E-state index is 13.1. The van der Waals surface area contributed by atoms with Crippen molar-refractivity contribution >= 4 is 0 Å². The molecular weight excluding hydrogens is 200 g/mol. The van der Waals surface area contributed by atoms with E-state index >= 15 is 0 Å². The van der Waals surface area contributed by atoms with Crippen LogP contribution in [0.5, 0.6) is 5.75 Å². The third-order valence-corrected chi connectivity index (χ3v) is 2.42. The van der Waals surface area contributed by atoms with E-state index in [9.17, 15) is 13.9 Å². The van der Waals surface area contributed by atoms with Crippen molar-refractivity contribution in [1.29, 1.82) is 0 Å². The lowest BCUT2D eigenvalue weighted by Gasteiger charge is -2.17. The maximum atomic E-state index is 13.1. The average Bonchev–Trinajstić information content (AvgIpc) is 2.15. The van der Waals surface area contributed by atoms with Crippen LogP contribution >= 0.6 is 0 Å². The summed E-state index contributed by atoms with van der Waals surface area (Å²) in [6.07, 6.45) is 0. The first kappa shape index (κ1) is 11.9. The minimum Gasteiger partial charge on any atom is -0.507 e. The summed E-state index contributed by atoms with van der Waals surface area (Å²) in [5.74, 6) is -3.51. The van der Waals surface area contributed by atoms with E-state index in [4.69, 9.17) is 5.73 Å². The number of hydrogen-bond acceptors (Lipinski definition) is 2. The van der Waals surface area contributed by atoms with Crippen molar-refractivity contribution in [1.82, 2.24) is 0 Å². The summed E-state index contributed by atoms with van der Waals surface area (Å²) in [4.78, 5) is 0. The third-order valence-electron chi connectivity index (χ3n) is 2.42. The Morgan fingerprint density at radius 1 is 1.47 bits per heavy atom. The van der Waals surface area contributed by atoms with Gasteiger partial charge in [-0.2, -0.15) is 0 Å². The van der Waals surface area contributed by atoms with Crippen LogP contribution in [0.25, 0.3) is 0 Å². The molecule has 2 nitrogen and oxygen atoms in total. The number of alkyl halides is 2. The van der Waals surface area contributed by atoms with Gasteiger partial charge in [0.25, 0.3) is 5.92 Å². The summed E-state index contributed by atoms with van der Waals surface area (Å²) in [5.41, 5.74) is 5.56. The number of phenols is 1. The fourth-order valence-corrected chi connectivity index (χ4v) is 1.44. The van der Waals surface area contributed by atoms with E-state index in [-0.39, 0.29) is 17.2 Å². The molecule has 1 unspecified atom stereocenters. The average molecular weight is 215 g/mol. The van der Waals surface area contributed by atoms with E-state index in [1.54, 1.807) is 13.0 Å². The van der Waals surface area contributed by atoms with E-state index in [0.717, 1.165) is 6.92 Å². The first-order chi connectivity index (χ1) is 6.88. The first-order valence-electron chi connectivity index (χ1n) is 4.78. The zero-order chi connectivity index (χ0) is 11.6. The van der Waals surface area contributed by atoms with E-state index in [1.807, 2.05) is 0 Å². The molecule has 0 aromatic heterocycles. The van der Waals surface area contributed by atoms with Crippen molar-refractivity contribution in [3.63, 3.8) is 0 Å². The lowest BCUT2D eigenvalue weighted by molar-refractivity contribution is 0.0150.